The average molecular weight is 481 g/mol. The van der Waals surface area contributed by atoms with E-state index >= 15 is 0 Å². The van der Waals surface area contributed by atoms with Crippen molar-refractivity contribution in [3.63, 3.8) is 0 Å². The molecule has 0 spiro atoms. The molecule has 2 amide bonds. The maximum Gasteiger partial charge on any atom is 0.407 e. The molecule has 1 aliphatic carbocycles. The second kappa shape index (κ2) is 10.9. The lowest BCUT2D eigenvalue weighted by atomic mass is 9.87. The number of aliphatic carboxylic acids is 1. The summed E-state index contributed by atoms with van der Waals surface area (Å²) in [5, 5.41) is 11.9. The maximum absolute atomic E-state index is 13.4. The molecule has 0 aliphatic heterocycles. The van der Waals surface area contributed by atoms with Crippen molar-refractivity contribution in [1.29, 1.82) is 0 Å². The lowest BCUT2D eigenvalue weighted by Gasteiger charge is -2.33. The molecule has 188 valence electrons. The summed E-state index contributed by atoms with van der Waals surface area (Å²) in [4.78, 5) is 38.9. The summed E-state index contributed by atoms with van der Waals surface area (Å²) >= 11 is 0. The van der Waals surface area contributed by atoms with E-state index in [1.807, 2.05) is 45.0 Å². The highest BCUT2D eigenvalue weighted by Gasteiger charge is 2.33. The summed E-state index contributed by atoms with van der Waals surface area (Å²) in [5.74, 6) is -1.35. The first-order valence-electron chi connectivity index (χ1n) is 12.2. The van der Waals surface area contributed by atoms with Crippen LogP contribution in [0.25, 0.3) is 11.1 Å². The Bertz CT molecular complexity index is 1030. The fourth-order valence-corrected chi connectivity index (χ4v) is 4.84. The van der Waals surface area contributed by atoms with E-state index in [1.165, 1.54) is 4.90 Å². The van der Waals surface area contributed by atoms with E-state index in [1.54, 1.807) is 13.8 Å². The predicted molar refractivity (Wildman–Crippen MR) is 135 cm³/mol. The Labute approximate surface area is 207 Å². The molecular formula is C28H36N2O5. The average Bonchev–Trinajstić information content (AvgIpc) is 3.10. The van der Waals surface area contributed by atoms with Gasteiger partial charge in [0.25, 0.3) is 0 Å². The molecule has 2 unspecified atom stereocenters. The molecule has 2 N–H and O–H groups in total. The van der Waals surface area contributed by atoms with Gasteiger partial charge in [0.15, 0.2) is 0 Å². The van der Waals surface area contributed by atoms with E-state index in [0.29, 0.717) is 13.0 Å². The monoisotopic (exact) mass is 480 g/mol. The number of carboxylic acid groups (broad SMARTS) is 1. The number of hydrogen-bond acceptors (Lipinski definition) is 4. The normalized spacial score (nSPS) is 14.4. The van der Waals surface area contributed by atoms with Crippen LogP contribution in [0, 0.1) is 5.41 Å². The quantitative estimate of drug-likeness (QED) is 0.524. The van der Waals surface area contributed by atoms with Crippen molar-refractivity contribution >= 4 is 18.0 Å². The van der Waals surface area contributed by atoms with Gasteiger partial charge in [-0.3, -0.25) is 9.59 Å². The van der Waals surface area contributed by atoms with Crippen LogP contribution in [0.3, 0.4) is 0 Å². The van der Waals surface area contributed by atoms with Crippen LogP contribution in [0.2, 0.25) is 0 Å². The Kier molecular flexibility index (Phi) is 8.20. The molecule has 3 rings (SSSR count). The zero-order chi connectivity index (χ0) is 25.8. The number of benzene rings is 2. The van der Waals surface area contributed by atoms with E-state index in [4.69, 9.17) is 9.84 Å². The molecule has 7 nitrogen and oxygen atoms in total. The van der Waals surface area contributed by atoms with Gasteiger partial charge in [-0.1, -0.05) is 69.3 Å². The minimum absolute atomic E-state index is 0.0763. The van der Waals surface area contributed by atoms with Gasteiger partial charge in [0, 0.05) is 18.5 Å². The third-order valence-electron chi connectivity index (χ3n) is 6.38. The van der Waals surface area contributed by atoms with Crippen LogP contribution < -0.4 is 5.32 Å². The number of carboxylic acids is 1. The van der Waals surface area contributed by atoms with Gasteiger partial charge in [-0.15, -0.1) is 0 Å². The first-order valence-corrected chi connectivity index (χ1v) is 12.2. The number of amides is 2. The fraction of sp³-hybridized carbons (Fsp3) is 0.464. The number of likely N-dealkylation sites (N-methyl/N-ethyl adjacent to an activating group) is 1. The van der Waals surface area contributed by atoms with Gasteiger partial charge in [0.05, 0.1) is 6.42 Å². The van der Waals surface area contributed by atoms with Crippen LogP contribution in [0.4, 0.5) is 4.79 Å². The molecule has 0 saturated heterocycles. The molecule has 0 heterocycles. The number of nitrogens with zero attached hydrogens (tertiary/aromatic N) is 1. The summed E-state index contributed by atoms with van der Waals surface area (Å²) in [7, 11) is 0. The standard InChI is InChI=1S/C28H36N2O5/c1-6-30(18(2)15-25(31)32)26(33)24(16-28(3,4)5)29-27(34)35-17-23-21-13-9-7-11-19(21)20-12-8-10-14-22(20)23/h7-14,18,23-24H,6,15-17H2,1-5H3,(H,29,34)(H,31,32). The topological polar surface area (TPSA) is 95.9 Å². The second-order valence-electron chi connectivity index (χ2n) is 10.4. The van der Waals surface area contributed by atoms with Crippen LogP contribution >= 0.6 is 0 Å². The van der Waals surface area contributed by atoms with Crippen LogP contribution in [0.5, 0.6) is 0 Å². The first kappa shape index (κ1) is 26.3. The minimum atomic E-state index is -0.972. The minimum Gasteiger partial charge on any atom is -0.481 e. The zero-order valence-electron chi connectivity index (χ0n) is 21.2. The molecule has 2 aromatic carbocycles. The van der Waals surface area contributed by atoms with Gasteiger partial charge in [-0.2, -0.15) is 0 Å². The Hall–Kier alpha value is -3.35. The van der Waals surface area contributed by atoms with Crippen LogP contribution in [0.15, 0.2) is 48.5 Å². The lowest BCUT2D eigenvalue weighted by Crippen LogP contribution is -2.52. The summed E-state index contributed by atoms with van der Waals surface area (Å²) in [6.45, 7) is 9.98. The highest BCUT2D eigenvalue weighted by molar-refractivity contribution is 5.86. The molecule has 0 fully saturated rings. The Morgan fingerprint density at radius 2 is 1.57 bits per heavy atom. The summed E-state index contributed by atoms with van der Waals surface area (Å²) < 4.78 is 5.66. The van der Waals surface area contributed by atoms with E-state index in [9.17, 15) is 14.4 Å². The SMILES string of the molecule is CCN(C(=O)C(CC(C)(C)C)NC(=O)OCC1c2ccccc2-c2ccccc21)C(C)CC(=O)O. The van der Waals surface area contributed by atoms with Gasteiger partial charge in [0.1, 0.15) is 12.6 Å². The number of rotatable bonds is 9. The van der Waals surface area contributed by atoms with Crippen LogP contribution in [-0.2, 0) is 14.3 Å². The second-order valence-corrected chi connectivity index (χ2v) is 10.4. The third kappa shape index (κ3) is 6.41. The van der Waals surface area contributed by atoms with Gasteiger partial charge in [-0.05, 0) is 47.9 Å². The summed E-state index contributed by atoms with van der Waals surface area (Å²) in [5.41, 5.74) is 4.27. The number of hydrogen-bond donors (Lipinski definition) is 2. The Morgan fingerprint density at radius 3 is 2.06 bits per heavy atom. The van der Waals surface area contributed by atoms with Gasteiger partial charge in [0.2, 0.25) is 5.91 Å². The highest BCUT2D eigenvalue weighted by Crippen LogP contribution is 2.44. The van der Waals surface area contributed by atoms with Crippen LogP contribution in [-0.4, -0.2) is 53.2 Å². The Morgan fingerprint density at radius 1 is 1.03 bits per heavy atom. The van der Waals surface area contributed by atoms with E-state index < -0.39 is 24.1 Å². The summed E-state index contributed by atoms with van der Waals surface area (Å²) in [6.07, 6.45) is -0.421. The van der Waals surface area contributed by atoms with Crippen LogP contribution in [0.1, 0.15) is 64.5 Å². The lowest BCUT2D eigenvalue weighted by molar-refractivity contribution is -0.141. The fourth-order valence-electron chi connectivity index (χ4n) is 4.84. The zero-order valence-corrected chi connectivity index (χ0v) is 21.2. The van der Waals surface area contributed by atoms with Gasteiger partial charge >= 0.3 is 12.1 Å². The molecule has 7 heteroatoms. The molecule has 2 atom stereocenters. The van der Waals surface area contributed by atoms with Crippen molar-refractivity contribution in [3.8, 4) is 11.1 Å². The molecule has 1 aliphatic rings. The largest absolute Gasteiger partial charge is 0.481 e. The van der Waals surface area contributed by atoms with Crippen molar-refractivity contribution in [2.24, 2.45) is 5.41 Å². The number of nitrogens with one attached hydrogen (secondary N) is 1. The highest BCUT2D eigenvalue weighted by atomic mass is 16.5. The predicted octanol–water partition coefficient (Wildman–Crippen LogP) is 5.04. The molecule has 2 aromatic rings. The molecule has 35 heavy (non-hydrogen) atoms. The molecular weight excluding hydrogens is 444 g/mol. The van der Waals surface area contributed by atoms with E-state index in [0.717, 1.165) is 22.3 Å². The van der Waals surface area contributed by atoms with Crippen molar-refractivity contribution in [2.45, 2.75) is 65.5 Å². The van der Waals surface area contributed by atoms with Crippen molar-refractivity contribution < 1.29 is 24.2 Å². The smallest absolute Gasteiger partial charge is 0.407 e. The molecule has 0 aromatic heterocycles. The van der Waals surface area contributed by atoms with Crippen molar-refractivity contribution in [1.82, 2.24) is 10.2 Å². The maximum atomic E-state index is 13.4. The Balaban J connectivity index is 1.73. The van der Waals surface area contributed by atoms with E-state index in [2.05, 4.69) is 29.6 Å². The number of fused-ring (bicyclic) bond motifs is 3. The van der Waals surface area contributed by atoms with Crippen molar-refractivity contribution in [3.05, 3.63) is 59.7 Å². The number of carbonyl (C=O) groups excluding carboxylic acids is 2. The third-order valence-corrected chi connectivity index (χ3v) is 6.38. The number of carbonyl (C=O) groups is 3. The number of ether oxygens (including phenoxy) is 1. The van der Waals surface area contributed by atoms with E-state index in [-0.39, 0.29) is 30.3 Å². The van der Waals surface area contributed by atoms with Gasteiger partial charge < -0.3 is 20.1 Å². The van der Waals surface area contributed by atoms with Gasteiger partial charge in [-0.25, -0.2) is 4.79 Å². The first-order chi connectivity index (χ1) is 16.5. The molecule has 0 bridgehead atoms. The molecule has 0 radical (unpaired) electrons. The molecule has 0 saturated carbocycles. The number of alkyl carbamates (subject to hydrolysis) is 1. The van der Waals surface area contributed by atoms with Crippen molar-refractivity contribution in [2.75, 3.05) is 13.2 Å². The summed E-state index contributed by atoms with van der Waals surface area (Å²) in [6, 6.07) is 14.9.